The number of carboxylic acid groups (broad SMARTS) is 1. The van der Waals surface area contributed by atoms with Crippen molar-refractivity contribution in [1.82, 2.24) is 9.80 Å². The zero-order valence-corrected chi connectivity index (χ0v) is 13.9. The van der Waals surface area contributed by atoms with Crippen molar-refractivity contribution in [3.8, 4) is 0 Å². The first kappa shape index (κ1) is 20.4. The molecule has 1 aromatic rings. The molecule has 1 aromatic carbocycles. The Labute approximate surface area is 146 Å². The maximum absolute atomic E-state index is 12.6. The lowest BCUT2D eigenvalue weighted by Gasteiger charge is -2.42. The molecule has 0 aliphatic carbocycles. The van der Waals surface area contributed by atoms with Gasteiger partial charge in [0.25, 0.3) is 0 Å². The molecule has 0 saturated carbocycles. The number of halogens is 5. The van der Waals surface area contributed by atoms with Crippen LogP contribution in [0.2, 0.25) is 0 Å². The van der Waals surface area contributed by atoms with Gasteiger partial charge in [0.1, 0.15) is 0 Å². The van der Waals surface area contributed by atoms with Gasteiger partial charge < -0.3 is 14.7 Å². The van der Waals surface area contributed by atoms with E-state index in [0.29, 0.717) is 12.1 Å². The van der Waals surface area contributed by atoms with E-state index in [9.17, 15) is 31.9 Å². The first-order chi connectivity index (χ1) is 12.1. The normalized spacial score (nSPS) is 20.4. The Hall–Kier alpha value is -1.94. The van der Waals surface area contributed by atoms with Crippen molar-refractivity contribution in [2.75, 3.05) is 26.2 Å². The van der Waals surface area contributed by atoms with Gasteiger partial charge in [-0.3, -0.25) is 4.90 Å². The molecule has 1 N–H and O–H groups in total. The molecule has 0 aromatic heterocycles. The monoisotopic (exact) mass is 382 g/mol. The van der Waals surface area contributed by atoms with Crippen LogP contribution in [0.5, 0.6) is 0 Å². The fourth-order valence-corrected chi connectivity index (χ4v) is 2.97. The highest BCUT2D eigenvalue weighted by Gasteiger charge is 2.34. The number of carbonyl (C=O) groups is 1. The second-order valence-corrected chi connectivity index (χ2v) is 6.01. The van der Waals surface area contributed by atoms with E-state index >= 15 is 0 Å². The lowest BCUT2D eigenvalue weighted by Crippen LogP contribution is -2.57. The molecule has 1 aliphatic rings. The maximum Gasteiger partial charge on any atom is 0.416 e. The van der Waals surface area contributed by atoms with Crippen molar-refractivity contribution in [3.05, 3.63) is 35.4 Å². The molecule has 1 heterocycles. The van der Waals surface area contributed by atoms with Gasteiger partial charge in [0, 0.05) is 25.7 Å². The molecule has 2 atom stereocenters. The topological polar surface area (TPSA) is 53.0 Å². The Morgan fingerprint density at radius 1 is 1.27 bits per heavy atom. The van der Waals surface area contributed by atoms with Crippen LogP contribution in [0.4, 0.5) is 26.7 Å². The zero-order valence-electron chi connectivity index (χ0n) is 13.9. The molecule has 1 saturated heterocycles. The summed E-state index contributed by atoms with van der Waals surface area (Å²) in [6.45, 7) is -1.13. The van der Waals surface area contributed by atoms with Gasteiger partial charge >= 0.3 is 18.9 Å². The molecule has 0 spiro atoms. The Kier molecular flexibility index (Phi) is 6.40. The molecule has 5 nitrogen and oxygen atoms in total. The molecule has 1 fully saturated rings. The van der Waals surface area contributed by atoms with Crippen molar-refractivity contribution in [2.24, 2.45) is 0 Å². The molecule has 26 heavy (non-hydrogen) atoms. The van der Waals surface area contributed by atoms with Crippen LogP contribution in [0, 0.1) is 0 Å². The van der Waals surface area contributed by atoms with Crippen LogP contribution in [-0.2, 0) is 10.9 Å². The fraction of sp³-hybridized carbons (Fsp3) is 0.562. The van der Waals surface area contributed by atoms with Crippen LogP contribution in [0.1, 0.15) is 24.1 Å². The highest BCUT2D eigenvalue weighted by Crippen LogP contribution is 2.31. The Morgan fingerprint density at radius 2 is 1.88 bits per heavy atom. The molecular formula is C16H19F5N2O3. The third-order valence-corrected chi connectivity index (χ3v) is 4.44. The lowest BCUT2D eigenvalue weighted by molar-refractivity contribution is -0.145. The molecule has 1 unspecified atom stereocenters. The minimum absolute atomic E-state index is 0.0948. The van der Waals surface area contributed by atoms with Crippen LogP contribution in [0.3, 0.4) is 0 Å². The first-order valence-corrected chi connectivity index (χ1v) is 7.90. The van der Waals surface area contributed by atoms with E-state index in [1.807, 2.05) is 4.90 Å². The van der Waals surface area contributed by atoms with E-state index in [2.05, 4.69) is 4.74 Å². The number of piperazine rings is 1. The second kappa shape index (κ2) is 8.17. The summed E-state index contributed by atoms with van der Waals surface area (Å²) in [6.07, 6.45) is -5.65. The van der Waals surface area contributed by atoms with Crippen molar-refractivity contribution in [2.45, 2.75) is 31.8 Å². The Balaban J connectivity index is 2.08. The van der Waals surface area contributed by atoms with Gasteiger partial charge in [-0.2, -0.15) is 22.0 Å². The smallest absolute Gasteiger partial charge is 0.416 e. The van der Waals surface area contributed by atoms with E-state index in [-0.39, 0.29) is 19.1 Å². The third-order valence-electron chi connectivity index (χ3n) is 4.44. The third kappa shape index (κ3) is 5.04. The molecule has 146 valence electrons. The second-order valence-electron chi connectivity index (χ2n) is 6.01. The maximum atomic E-state index is 12.6. The van der Waals surface area contributed by atoms with E-state index in [1.165, 1.54) is 12.1 Å². The lowest BCUT2D eigenvalue weighted by atomic mass is 10.0. The quantitative estimate of drug-likeness (QED) is 0.790. The highest BCUT2D eigenvalue weighted by molar-refractivity contribution is 5.65. The minimum atomic E-state index is -4.42. The van der Waals surface area contributed by atoms with Crippen LogP contribution in [-0.4, -0.2) is 59.9 Å². The number of hydrogen-bond acceptors (Lipinski definition) is 3. The number of nitrogens with zero attached hydrogens (tertiary/aromatic N) is 2. The van der Waals surface area contributed by atoms with Gasteiger partial charge in [0.15, 0.2) is 0 Å². The average molecular weight is 382 g/mol. The predicted octanol–water partition coefficient (Wildman–Crippen LogP) is 3.67. The molecular weight excluding hydrogens is 363 g/mol. The summed E-state index contributed by atoms with van der Waals surface area (Å²) in [5.74, 6) is 0. The molecule has 1 amide bonds. The van der Waals surface area contributed by atoms with Crippen molar-refractivity contribution >= 4 is 6.09 Å². The zero-order chi connectivity index (χ0) is 19.5. The fourth-order valence-electron chi connectivity index (χ4n) is 2.97. The summed E-state index contributed by atoms with van der Waals surface area (Å²) in [7, 11) is 0. The molecule has 1 aliphatic heterocycles. The van der Waals surface area contributed by atoms with Crippen molar-refractivity contribution < 1.29 is 36.6 Å². The summed E-state index contributed by atoms with van der Waals surface area (Å²) >= 11 is 0. The predicted molar refractivity (Wildman–Crippen MR) is 81.9 cm³/mol. The van der Waals surface area contributed by atoms with E-state index in [0.717, 1.165) is 17.0 Å². The van der Waals surface area contributed by atoms with Gasteiger partial charge in [-0.15, -0.1) is 0 Å². The average Bonchev–Trinajstić information content (AvgIpc) is 2.58. The highest BCUT2D eigenvalue weighted by atomic mass is 19.4. The van der Waals surface area contributed by atoms with Crippen molar-refractivity contribution in [1.29, 1.82) is 0 Å². The number of benzene rings is 1. The van der Waals surface area contributed by atoms with Crippen LogP contribution in [0.25, 0.3) is 0 Å². The van der Waals surface area contributed by atoms with E-state index in [4.69, 9.17) is 0 Å². The SMILES string of the molecule is CC(c1ccc(C(F)(F)F)cc1)N1CCN(C(=O)O)[C@H](COC(F)F)C1. The molecule has 0 bridgehead atoms. The van der Waals surface area contributed by atoms with Gasteiger partial charge in [0.2, 0.25) is 0 Å². The largest absolute Gasteiger partial charge is 0.465 e. The summed E-state index contributed by atoms with van der Waals surface area (Å²) in [6, 6.07) is 3.60. The van der Waals surface area contributed by atoms with Gasteiger partial charge in [-0.1, -0.05) is 12.1 Å². The van der Waals surface area contributed by atoms with Crippen LogP contribution >= 0.6 is 0 Å². The standard InChI is InChI=1S/C16H19F5N2O3/c1-10(11-2-4-12(5-3-11)16(19,20)21)22-6-7-23(15(24)25)13(8-22)9-26-14(17)18/h2-5,10,13-14H,6-9H2,1H3,(H,24,25)/t10?,13-/m0/s1. The number of alkyl halides is 5. The van der Waals surface area contributed by atoms with E-state index in [1.54, 1.807) is 6.92 Å². The summed E-state index contributed by atoms with van der Waals surface area (Å²) in [4.78, 5) is 14.1. The number of ether oxygens (including phenoxy) is 1. The number of rotatable bonds is 5. The summed E-state index contributed by atoms with van der Waals surface area (Å²) in [5.41, 5.74) is -0.136. The van der Waals surface area contributed by atoms with E-state index < -0.39 is 37.1 Å². The van der Waals surface area contributed by atoms with Gasteiger partial charge in [-0.25, -0.2) is 4.79 Å². The number of amides is 1. The summed E-state index contributed by atoms with van der Waals surface area (Å²) < 4.78 is 66.8. The summed E-state index contributed by atoms with van der Waals surface area (Å²) in [5, 5.41) is 9.18. The molecule has 10 heteroatoms. The molecule has 0 radical (unpaired) electrons. The number of hydrogen-bond donors (Lipinski definition) is 1. The Morgan fingerprint density at radius 3 is 2.38 bits per heavy atom. The first-order valence-electron chi connectivity index (χ1n) is 7.90. The van der Waals surface area contributed by atoms with Crippen LogP contribution < -0.4 is 0 Å². The van der Waals surface area contributed by atoms with Gasteiger partial charge in [-0.05, 0) is 24.6 Å². The molecule has 2 rings (SSSR count). The van der Waals surface area contributed by atoms with Gasteiger partial charge in [0.05, 0.1) is 18.2 Å². The van der Waals surface area contributed by atoms with Crippen LogP contribution in [0.15, 0.2) is 24.3 Å². The van der Waals surface area contributed by atoms with Crippen molar-refractivity contribution in [3.63, 3.8) is 0 Å². The minimum Gasteiger partial charge on any atom is -0.465 e. The Bertz CT molecular complexity index is 609.